The molecule has 3 aromatic rings. The van der Waals surface area contributed by atoms with Crippen molar-refractivity contribution in [1.29, 1.82) is 0 Å². The average molecular weight is 385 g/mol. The number of carbonyl (C=O) groups is 1. The first-order chi connectivity index (χ1) is 12.7. The summed E-state index contributed by atoms with van der Waals surface area (Å²) >= 11 is 3.22. The highest BCUT2D eigenvalue weighted by Crippen LogP contribution is 2.27. The van der Waals surface area contributed by atoms with Crippen molar-refractivity contribution in [1.82, 2.24) is 9.88 Å². The molecule has 26 heavy (non-hydrogen) atoms. The van der Waals surface area contributed by atoms with Crippen molar-refractivity contribution in [3.63, 3.8) is 0 Å². The first kappa shape index (κ1) is 18.5. The number of aromatic nitrogens is 1. The van der Waals surface area contributed by atoms with Gasteiger partial charge in [0.05, 0.1) is 23.3 Å². The summed E-state index contributed by atoms with van der Waals surface area (Å²) in [6.45, 7) is 0.985. The smallest absolute Gasteiger partial charge is 0.254 e. The van der Waals surface area contributed by atoms with E-state index in [1.165, 1.54) is 0 Å². The number of para-hydroxylation sites is 1. The lowest BCUT2D eigenvalue weighted by molar-refractivity contribution is 0.0770. The molecular formula is C20H20N2O2S2. The van der Waals surface area contributed by atoms with Crippen molar-refractivity contribution in [2.75, 3.05) is 20.2 Å². The van der Waals surface area contributed by atoms with Crippen molar-refractivity contribution in [2.45, 2.75) is 10.6 Å². The molecule has 3 rings (SSSR count). The van der Waals surface area contributed by atoms with Crippen LogP contribution in [0.1, 0.15) is 16.1 Å². The number of amides is 1. The highest BCUT2D eigenvalue weighted by molar-refractivity contribution is 7.98. The molecule has 2 aromatic carbocycles. The van der Waals surface area contributed by atoms with Crippen molar-refractivity contribution in [3.8, 4) is 5.75 Å². The minimum absolute atomic E-state index is 0.00281. The third-order valence-corrected chi connectivity index (χ3v) is 5.50. The number of nitrogens with zero attached hydrogens (tertiary/aromatic N) is 2. The fraction of sp³-hybridized carbons (Fsp3) is 0.200. The van der Waals surface area contributed by atoms with Crippen LogP contribution in [0.15, 0.2) is 70.4 Å². The zero-order valence-electron chi connectivity index (χ0n) is 14.5. The number of ether oxygens (including phenoxy) is 1. The van der Waals surface area contributed by atoms with Crippen LogP contribution in [0.5, 0.6) is 5.75 Å². The summed E-state index contributed by atoms with van der Waals surface area (Å²) in [5.74, 6) is 1.57. The maximum Gasteiger partial charge on any atom is 0.254 e. The van der Waals surface area contributed by atoms with Crippen molar-refractivity contribution < 1.29 is 9.53 Å². The SMILES string of the molecule is CN(CCOc1ccccc1)C(=O)c1ccccc1SCc1cscn1. The molecule has 1 amide bonds. The Kier molecular flexibility index (Phi) is 6.68. The van der Waals surface area contributed by atoms with Crippen LogP contribution in [-0.2, 0) is 5.75 Å². The van der Waals surface area contributed by atoms with E-state index >= 15 is 0 Å². The van der Waals surface area contributed by atoms with Crippen LogP contribution in [0.3, 0.4) is 0 Å². The molecule has 134 valence electrons. The minimum atomic E-state index is 0.00281. The topological polar surface area (TPSA) is 42.4 Å². The first-order valence-corrected chi connectivity index (χ1v) is 10.2. The van der Waals surface area contributed by atoms with Gasteiger partial charge in [-0.05, 0) is 24.3 Å². The summed E-state index contributed by atoms with van der Waals surface area (Å²) in [5, 5.41) is 2.03. The van der Waals surface area contributed by atoms with Gasteiger partial charge in [0.2, 0.25) is 0 Å². The second kappa shape index (κ2) is 9.40. The van der Waals surface area contributed by atoms with Gasteiger partial charge in [0.25, 0.3) is 5.91 Å². The molecule has 0 saturated carbocycles. The number of thiazole rings is 1. The van der Waals surface area contributed by atoms with E-state index in [0.717, 1.165) is 27.7 Å². The van der Waals surface area contributed by atoms with Gasteiger partial charge in [0, 0.05) is 23.1 Å². The Balaban J connectivity index is 1.57. The molecule has 0 spiro atoms. The zero-order valence-corrected chi connectivity index (χ0v) is 16.1. The Hall–Kier alpha value is -2.31. The Bertz CT molecular complexity index is 823. The zero-order chi connectivity index (χ0) is 18.2. The molecule has 1 aromatic heterocycles. The van der Waals surface area contributed by atoms with Crippen LogP contribution in [0.4, 0.5) is 0 Å². The summed E-state index contributed by atoms with van der Waals surface area (Å²) in [4.78, 5) is 19.8. The predicted molar refractivity (Wildman–Crippen MR) is 107 cm³/mol. The molecule has 0 aliphatic heterocycles. The van der Waals surface area contributed by atoms with Crippen LogP contribution >= 0.6 is 23.1 Å². The van der Waals surface area contributed by atoms with Gasteiger partial charge in [0.15, 0.2) is 0 Å². The number of hydrogen-bond donors (Lipinski definition) is 0. The third kappa shape index (κ3) is 5.09. The van der Waals surface area contributed by atoms with Crippen molar-refractivity contribution in [2.24, 2.45) is 0 Å². The molecular weight excluding hydrogens is 364 g/mol. The van der Waals surface area contributed by atoms with Crippen molar-refractivity contribution >= 4 is 29.0 Å². The molecule has 0 saturated heterocycles. The Morgan fingerprint density at radius 1 is 1.15 bits per heavy atom. The maximum atomic E-state index is 12.8. The predicted octanol–water partition coefficient (Wildman–Crippen LogP) is 4.59. The van der Waals surface area contributed by atoms with Crippen LogP contribution in [0.25, 0.3) is 0 Å². The number of thioether (sulfide) groups is 1. The lowest BCUT2D eigenvalue weighted by atomic mass is 10.2. The van der Waals surface area contributed by atoms with Gasteiger partial charge in [-0.15, -0.1) is 23.1 Å². The second-order valence-corrected chi connectivity index (χ2v) is 7.39. The van der Waals surface area contributed by atoms with Gasteiger partial charge in [-0.1, -0.05) is 30.3 Å². The lowest BCUT2D eigenvalue weighted by Crippen LogP contribution is -2.31. The van der Waals surface area contributed by atoms with Crippen LogP contribution in [0.2, 0.25) is 0 Å². The fourth-order valence-electron chi connectivity index (χ4n) is 2.35. The minimum Gasteiger partial charge on any atom is -0.492 e. The summed E-state index contributed by atoms with van der Waals surface area (Å²) in [7, 11) is 1.80. The lowest BCUT2D eigenvalue weighted by Gasteiger charge is -2.19. The van der Waals surface area contributed by atoms with Crippen molar-refractivity contribution in [3.05, 3.63) is 76.7 Å². The number of carbonyl (C=O) groups excluding carboxylic acids is 1. The summed E-state index contributed by atoms with van der Waals surface area (Å²) in [6.07, 6.45) is 0. The van der Waals surface area contributed by atoms with Gasteiger partial charge in [-0.2, -0.15) is 0 Å². The van der Waals surface area contributed by atoms with E-state index in [-0.39, 0.29) is 5.91 Å². The van der Waals surface area contributed by atoms with E-state index in [2.05, 4.69) is 4.98 Å². The van der Waals surface area contributed by atoms with Gasteiger partial charge in [-0.25, -0.2) is 4.98 Å². The Morgan fingerprint density at radius 3 is 2.69 bits per heavy atom. The van der Waals surface area contributed by atoms with Gasteiger partial charge < -0.3 is 9.64 Å². The average Bonchev–Trinajstić information content (AvgIpc) is 3.20. The molecule has 0 bridgehead atoms. The molecule has 0 N–H and O–H groups in total. The van der Waals surface area contributed by atoms with E-state index in [0.29, 0.717) is 13.2 Å². The van der Waals surface area contributed by atoms with E-state index in [9.17, 15) is 4.79 Å². The molecule has 1 heterocycles. The van der Waals surface area contributed by atoms with Crippen LogP contribution in [0, 0.1) is 0 Å². The molecule has 0 radical (unpaired) electrons. The Labute approximate surface area is 161 Å². The van der Waals surface area contributed by atoms with Gasteiger partial charge in [-0.3, -0.25) is 4.79 Å². The highest BCUT2D eigenvalue weighted by Gasteiger charge is 2.16. The van der Waals surface area contributed by atoms with Crippen LogP contribution < -0.4 is 4.74 Å². The number of rotatable bonds is 8. The summed E-state index contributed by atoms with van der Waals surface area (Å²) < 4.78 is 5.68. The Morgan fingerprint density at radius 2 is 1.92 bits per heavy atom. The summed E-state index contributed by atoms with van der Waals surface area (Å²) in [6, 6.07) is 17.3. The first-order valence-electron chi connectivity index (χ1n) is 8.26. The number of benzene rings is 2. The molecule has 0 atom stereocenters. The number of likely N-dealkylation sites (N-methyl/N-ethyl adjacent to an activating group) is 1. The van der Waals surface area contributed by atoms with E-state index in [1.807, 2.05) is 65.5 Å². The molecule has 0 unspecified atom stereocenters. The molecule has 6 heteroatoms. The molecule has 0 fully saturated rings. The highest BCUT2D eigenvalue weighted by atomic mass is 32.2. The number of hydrogen-bond acceptors (Lipinski definition) is 5. The van der Waals surface area contributed by atoms with E-state index in [1.54, 1.807) is 35.0 Å². The van der Waals surface area contributed by atoms with Gasteiger partial charge in [0.1, 0.15) is 12.4 Å². The molecule has 4 nitrogen and oxygen atoms in total. The standard InChI is InChI=1S/C20H20N2O2S2/c1-22(11-12-24-17-7-3-2-4-8-17)20(23)18-9-5-6-10-19(18)26-14-16-13-25-15-21-16/h2-10,13,15H,11-12,14H2,1H3. The molecule has 0 aliphatic carbocycles. The largest absolute Gasteiger partial charge is 0.492 e. The van der Waals surface area contributed by atoms with Crippen LogP contribution in [-0.4, -0.2) is 36.0 Å². The normalized spacial score (nSPS) is 10.5. The van der Waals surface area contributed by atoms with E-state index < -0.39 is 0 Å². The van der Waals surface area contributed by atoms with Gasteiger partial charge >= 0.3 is 0 Å². The fourth-order valence-corrected chi connectivity index (χ4v) is 3.96. The second-order valence-electron chi connectivity index (χ2n) is 5.65. The monoisotopic (exact) mass is 384 g/mol. The third-order valence-electron chi connectivity index (χ3n) is 3.76. The van der Waals surface area contributed by atoms with E-state index in [4.69, 9.17) is 4.74 Å². The molecule has 0 aliphatic rings. The summed E-state index contributed by atoms with van der Waals surface area (Å²) in [5.41, 5.74) is 3.58. The maximum absolute atomic E-state index is 12.8. The quantitative estimate of drug-likeness (QED) is 0.533.